The summed E-state index contributed by atoms with van der Waals surface area (Å²) in [4.78, 5) is 11.9. The highest BCUT2D eigenvalue weighted by Gasteiger charge is 2.21. The van der Waals surface area contributed by atoms with Crippen molar-refractivity contribution < 1.29 is 18.3 Å². The van der Waals surface area contributed by atoms with Crippen molar-refractivity contribution >= 4 is 5.78 Å². The summed E-state index contributed by atoms with van der Waals surface area (Å²) < 4.78 is 31.5. The van der Waals surface area contributed by atoms with Crippen LogP contribution in [0.25, 0.3) is 0 Å². The topological polar surface area (TPSA) is 26.3 Å². The molecule has 0 aliphatic heterocycles. The Labute approximate surface area is 106 Å². The molecule has 0 bridgehead atoms. The number of carbonyl (C=O) groups excluding carboxylic acids is 1. The van der Waals surface area contributed by atoms with Crippen molar-refractivity contribution in [3.63, 3.8) is 0 Å². The average molecular weight is 256 g/mol. The first-order valence-electron chi connectivity index (χ1n) is 6.19. The number of benzene rings is 1. The Morgan fingerprint density at radius 1 is 1.22 bits per heavy atom. The van der Waals surface area contributed by atoms with Crippen molar-refractivity contribution in [1.29, 1.82) is 0 Å². The van der Waals surface area contributed by atoms with Crippen molar-refractivity contribution in [2.75, 3.05) is 6.61 Å². The third-order valence-electron chi connectivity index (χ3n) is 2.52. The number of ketones is 1. The van der Waals surface area contributed by atoms with Crippen LogP contribution in [-0.2, 0) is 9.53 Å². The minimum atomic E-state index is -0.957. The van der Waals surface area contributed by atoms with E-state index in [0.717, 1.165) is 18.6 Å². The van der Waals surface area contributed by atoms with Gasteiger partial charge < -0.3 is 4.74 Å². The quantitative estimate of drug-likeness (QED) is 0.741. The molecule has 0 N–H and O–H groups in total. The molecule has 1 aromatic rings. The van der Waals surface area contributed by atoms with Crippen molar-refractivity contribution in [3.8, 4) is 0 Å². The van der Waals surface area contributed by atoms with Gasteiger partial charge in [0.1, 0.15) is 6.10 Å². The van der Waals surface area contributed by atoms with Gasteiger partial charge in [-0.25, -0.2) is 8.78 Å². The van der Waals surface area contributed by atoms with E-state index in [1.54, 1.807) is 0 Å². The van der Waals surface area contributed by atoms with E-state index in [9.17, 15) is 13.6 Å². The van der Waals surface area contributed by atoms with E-state index in [4.69, 9.17) is 4.74 Å². The Bertz CT molecular complexity index is 405. The average Bonchev–Trinajstić information content (AvgIpc) is 2.34. The fourth-order valence-electron chi connectivity index (χ4n) is 1.66. The molecule has 2 nitrogen and oxygen atoms in total. The molecule has 0 aromatic heterocycles. The van der Waals surface area contributed by atoms with Gasteiger partial charge in [0.15, 0.2) is 17.4 Å². The van der Waals surface area contributed by atoms with Crippen LogP contribution >= 0.6 is 0 Å². The Morgan fingerprint density at radius 2 is 1.94 bits per heavy atom. The van der Waals surface area contributed by atoms with Crippen LogP contribution in [-0.4, -0.2) is 12.4 Å². The molecule has 0 fully saturated rings. The molecule has 1 rings (SSSR count). The van der Waals surface area contributed by atoms with E-state index in [1.165, 1.54) is 6.07 Å². The maximum atomic E-state index is 13.2. The van der Waals surface area contributed by atoms with E-state index in [1.807, 2.05) is 13.8 Å². The summed E-state index contributed by atoms with van der Waals surface area (Å²) in [6.07, 6.45) is 1.04. The molecule has 100 valence electrons. The third-order valence-corrected chi connectivity index (χ3v) is 2.52. The van der Waals surface area contributed by atoms with Crippen LogP contribution < -0.4 is 0 Å². The lowest BCUT2D eigenvalue weighted by Crippen LogP contribution is -2.16. The normalized spacial score (nSPS) is 12.4. The van der Waals surface area contributed by atoms with E-state index >= 15 is 0 Å². The van der Waals surface area contributed by atoms with Crippen LogP contribution in [0.3, 0.4) is 0 Å². The van der Waals surface area contributed by atoms with Crippen LogP contribution in [0.15, 0.2) is 18.2 Å². The molecule has 0 heterocycles. The summed E-state index contributed by atoms with van der Waals surface area (Å²) in [6, 6.07) is 3.45. The zero-order valence-electron chi connectivity index (χ0n) is 10.7. The molecule has 0 spiro atoms. The summed E-state index contributed by atoms with van der Waals surface area (Å²) in [6.45, 7) is 4.23. The predicted octanol–water partition coefficient (Wildman–Crippen LogP) is 3.80. The van der Waals surface area contributed by atoms with E-state index < -0.39 is 17.7 Å². The fraction of sp³-hybridized carbons (Fsp3) is 0.500. The monoisotopic (exact) mass is 256 g/mol. The number of carbonyl (C=O) groups is 1. The smallest absolute Gasteiger partial charge is 0.166 e. The number of rotatable bonds is 7. The van der Waals surface area contributed by atoms with Crippen LogP contribution in [0, 0.1) is 11.6 Å². The standard InChI is InChI=1S/C14H18F2O2/c1-3-5-13(17)14(18-8-4-2)10-6-7-11(15)12(16)9-10/h6-7,9,14H,3-5,8H2,1-2H3. The van der Waals surface area contributed by atoms with Crippen molar-refractivity contribution in [2.24, 2.45) is 0 Å². The Balaban J connectivity index is 2.93. The second-order valence-electron chi connectivity index (χ2n) is 4.14. The highest BCUT2D eigenvalue weighted by Crippen LogP contribution is 2.22. The summed E-state index contributed by atoms with van der Waals surface area (Å²) in [7, 11) is 0. The van der Waals surface area contributed by atoms with Gasteiger partial charge in [-0.3, -0.25) is 4.79 Å². The highest BCUT2D eigenvalue weighted by molar-refractivity contribution is 5.84. The zero-order valence-corrected chi connectivity index (χ0v) is 10.7. The maximum absolute atomic E-state index is 13.2. The van der Waals surface area contributed by atoms with Gasteiger partial charge in [-0.1, -0.05) is 19.9 Å². The zero-order chi connectivity index (χ0) is 13.5. The maximum Gasteiger partial charge on any atom is 0.166 e. The molecule has 1 unspecified atom stereocenters. The van der Waals surface area contributed by atoms with Gasteiger partial charge in [0, 0.05) is 13.0 Å². The second-order valence-corrected chi connectivity index (χ2v) is 4.14. The van der Waals surface area contributed by atoms with Gasteiger partial charge in [-0.05, 0) is 30.5 Å². The summed E-state index contributed by atoms with van der Waals surface area (Å²) in [5, 5.41) is 0. The highest BCUT2D eigenvalue weighted by atomic mass is 19.2. The minimum absolute atomic E-state index is 0.100. The summed E-state index contributed by atoms with van der Waals surface area (Å²) in [5.41, 5.74) is 0.376. The Morgan fingerprint density at radius 3 is 2.50 bits per heavy atom. The predicted molar refractivity (Wildman–Crippen MR) is 65.3 cm³/mol. The van der Waals surface area contributed by atoms with Gasteiger partial charge in [0.2, 0.25) is 0 Å². The van der Waals surface area contributed by atoms with Crippen LogP contribution in [0.4, 0.5) is 8.78 Å². The molecule has 1 atom stereocenters. The van der Waals surface area contributed by atoms with Crippen molar-refractivity contribution in [1.82, 2.24) is 0 Å². The van der Waals surface area contributed by atoms with Crippen LogP contribution in [0.1, 0.15) is 44.8 Å². The summed E-state index contributed by atoms with van der Waals surface area (Å²) >= 11 is 0. The molecule has 0 aliphatic rings. The minimum Gasteiger partial charge on any atom is -0.366 e. The molecule has 0 saturated heterocycles. The molecule has 18 heavy (non-hydrogen) atoms. The molecule has 0 aliphatic carbocycles. The number of ether oxygens (including phenoxy) is 1. The van der Waals surface area contributed by atoms with E-state index in [0.29, 0.717) is 25.0 Å². The Hall–Kier alpha value is -1.29. The van der Waals surface area contributed by atoms with E-state index in [2.05, 4.69) is 0 Å². The third kappa shape index (κ3) is 3.88. The van der Waals surface area contributed by atoms with E-state index in [-0.39, 0.29) is 5.78 Å². The molecule has 0 amide bonds. The second kappa shape index (κ2) is 7.21. The van der Waals surface area contributed by atoms with Gasteiger partial charge in [-0.2, -0.15) is 0 Å². The van der Waals surface area contributed by atoms with Crippen LogP contribution in [0.2, 0.25) is 0 Å². The van der Waals surface area contributed by atoms with Crippen molar-refractivity contribution in [2.45, 2.75) is 39.2 Å². The number of Topliss-reactive ketones (excluding diaryl/α,β-unsaturated/α-hetero) is 1. The number of hydrogen-bond donors (Lipinski definition) is 0. The van der Waals surface area contributed by atoms with Gasteiger partial charge in [0.25, 0.3) is 0 Å². The first-order chi connectivity index (χ1) is 8.60. The summed E-state index contributed by atoms with van der Waals surface area (Å²) in [5.74, 6) is -1.98. The lowest BCUT2D eigenvalue weighted by atomic mass is 10.0. The SMILES string of the molecule is CCCOC(C(=O)CCC)c1ccc(F)c(F)c1. The molecule has 4 heteroatoms. The molecule has 1 aromatic carbocycles. The van der Waals surface area contributed by atoms with Gasteiger partial charge in [0.05, 0.1) is 0 Å². The first-order valence-corrected chi connectivity index (χ1v) is 6.19. The lowest BCUT2D eigenvalue weighted by Gasteiger charge is -2.17. The number of halogens is 2. The molecule has 0 saturated carbocycles. The van der Waals surface area contributed by atoms with Gasteiger partial charge in [-0.15, -0.1) is 0 Å². The lowest BCUT2D eigenvalue weighted by molar-refractivity contribution is -0.131. The van der Waals surface area contributed by atoms with Crippen molar-refractivity contribution in [3.05, 3.63) is 35.4 Å². The Kier molecular flexibility index (Phi) is 5.92. The fourth-order valence-corrected chi connectivity index (χ4v) is 1.66. The first kappa shape index (κ1) is 14.8. The molecule has 0 radical (unpaired) electrons. The van der Waals surface area contributed by atoms with Crippen LogP contribution in [0.5, 0.6) is 0 Å². The molecular weight excluding hydrogens is 238 g/mol. The molecular formula is C14H18F2O2. The largest absolute Gasteiger partial charge is 0.366 e. The van der Waals surface area contributed by atoms with Gasteiger partial charge >= 0.3 is 0 Å². The number of hydrogen-bond acceptors (Lipinski definition) is 2.